The second-order valence-electron chi connectivity index (χ2n) is 4.95. The van der Waals surface area contributed by atoms with Gasteiger partial charge in [0.2, 0.25) is 5.91 Å². The lowest BCUT2D eigenvalue weighted by molar-refractivity contribution is -0.121. The maximum atomic E-state index is 11.9. The smallest absolute Gasteiger partial charge is 0.224 e. The van der Waals surface area contributed by atoms with Crippen LogP contribution in [0.5, 0.6) is 0 Å². The van der Waals surface area contributed by atoms with Gasteiger partial charge in [-0.25, -0.2) is 0 Å². The third-order valence-electron chi connectivity index (χ3n) is 3.24. The Morgan fingerprint density at radius 1 is 1.56 bits per heavy atom. The molecule has 98 valence electrons. The molecule has 1 amide bonds. The van der Waals surface area contributed by atoms with Crippen LogP contribution in [0.25, 0.3) is 0 Å². The number of benzene rings is 1. The van der Waals surface area contributed by atoms with Crippen LogP contribution in [0.1, 0.15) is 25.3 Å². The van der Waals surface area contributed by atoms with Crippen molar-refractivity contribution in [2.24, 2.45) is 0 Å². The molecule has 0 spiro atoms. The van der Waals surface area contributed by atoms with E-state index >= 15 is 0 Å². The molecule has 1 fully saturated rings. The molecule has 2 N–H and O–H groups in total. The SMILES string of the molecule is CC1CC(NC(=O)Cc2cccc(Cl)c2)CCN1. The summed E-state index contributed by atoms with van der Waals surface area (Å²) >= 11 is 5.90. The van der Waals surface area contributed by atoms with Crippen LogP contribution in [0.2, 0.25) is 5.02 Å². The summed E-state index contributed by atoms with van der Waals surface area (Å²) in [4.78, 5) is 11.9. The van der Waals surface area contributed by atoms with Crippen molar-refractivity contribution in [1.82, 2.24) is 10.6 Å². The summed E-state index contributed by atoms with van der Waals surface area (Å²) in [5, 5.41) is 7.15. The summed E-state index contributed by atoms with van der Waals surface area (Å²) in [5.74, 6) is 0.0800. The minimum Gasteiger partial charge on any atom is -0.353 e. The van der Waals surface area contributed by atoms with E-state index in [1.54, 1.807) is 0 Å². The van der Waals surface area contributed by atoms with Gasteiger partial charge in [0, 0.05) is 17.1 Å². The molecule has 0 aliphatic carbocycles. The van der Waals surface area contributed by atoms with E-state index in [4.69, 9.17) is 11.6 Å². The topological polar surface area (TPSA) is 41.1 Å². The monoisotopic (exact) mass is 266 g/mol. The summed E-state index contributed by atoms with van der Waals surface area (Å²) < 4.78 is 0. The van der Waals surface area contributed by atoms with E-state index in [-0.39, 0.29) is 5.91 Å². The first kappa shape index (κ1) is 13.4. The molecule has 1 heterocycles. The molecule has 0 aromatic heterocycles. The number of halogens is 1. The first-order chi connectivity index (χ1) is 8.63. The molecule has 3 nitrogen and oxygen atoms in total. The van der Waals surface area contributed by atoms with Crippen molar-refractivity contribution >= 4 is 17.5 Å². The molecule has 2 rings (SSSR count). The minimum atomic E-state index is 0.0800. The van der Waals surface area contributed by atoms with Crippen molar-refractivity contribution in [3.8, 4) is 0 Å². The van der Waals surface area contributed by atoms with Crippen molar-refractivity contribution < 1.29 is 4.79 Å². The van der Waals surface area contributed by atoms with E-state index in [1.807, 2.05) is 24.3 Å². The van der Waals surface area contributed by atoms with Gasteiger partial charge >= 0.3 is 0 Å². The largest absolute Gasteiger partial charge is 0.353 e. The summed E-state index contributed by atoms with van der Waals surface area (Å²) in [6.07, 6.45) is 2.41. The van der Waals surface area contributed by atoms with Crippen LogP contribution >= 0.6 is 11.6 Å². The number of rotatable bonds is 3. The summed E-state index contributed by atoms with van der Waals surface area (Å²) in [6.45, 7) is 3.12. The van der Waals surface area contributed by atoms with E-state index in [0.717, 1.165) is 24.9 Å². The molecule has 2 unspecified atom stereocenters. The number of nitrogens with one attached hydrogen (secondary N) is 2. The molecular formula is C14H19ClN2O. The Bertz CT molecular complexity index is 422. The fraction of sp³-hybridized carbons (Fsp3) is 0.500. The maximum Gasteiger partial charge on any atom is 0.224 e. The highest BCUT2D eigenvalue weighted by molar-refractivity contribution is 6.30. The van der Waals surface area contributed by atoms with Gasteiger partial charge in [-0.1, -0.05) is 23.7 Å². The Balaban J connectivity index is 1.85. The van der Waals surface area contributed by atoms with E-state index in [1.165, 1.54) is 0 Å². The first-order valence-electron chi connectivity index (χ1n) is 6.40. The van der Waals surface area contributed by atoms with Gasteiger partial charge in [0.15, 0.2) is 0 Å². The number of amides is 1. The predicted molar refractivity (Wildman–Crippen MR) is 73.8 cm³/mol. The molecule has 18 heavy (non-hydrogen) atoms. The Labute approximate surface area is 113 Å². The molecule has 0 bridgehead atoms. The molecule has 0 radical (unpaired) electrons. The lowest BCUT2D eigenvalue weighted by Gasteiger charge is -2.28. The zero-order valence-electron chi connectivity index (χ0n) is 10.6. The van der Waals surface area contributed by atoms with Gasteiger partial charge in [-0.2, -0.15) is 0 Å². The number of carbonyl (C=O) groups is 1. The molecule has 1 aliphatic heterocycles. The van der Waals surface area contributed by atoms with Gasteiger partial charge in [0.25, 0.3) is 0 Å². The van der Waals surface area contributed by atoms with E-state index in [0.29, 0.717) is 23.5 Å². The summed E-state index contributed by atoms with van der Waals surface area (Å²) in [5.41, 5.74) is 0.960. The normalized spacial score (nSPS) is 23.7. The third-order valence-corrected chi connectivity index (χ3v) is 3.48. The Morgan fingerprint density at radius 2 is 2.39 bits per heavy atom. The molecule has 1 aromatic carbocycles. The highest BCUT2D eigenvalue weighted by Gasteiger charge is 2.19. The molecule has 1 saturated heterocycles. The van der Waals surface area contributed by atoms with Gasteiger partial charge in [-0.05, 0) is 44.0 Å². The van der Waals surface area contributed by atoms with Gasteiger partial charge in [0.1, 0.15) is 0 Å². The average molecular weight is 267 g/mol. The van der Waals surface area contributed by atoms with E-state index in [9.17, 15) is 4.79 Å². The average Bonchev–Trinajstić information content (AvgIpc) is 2.28. The molecule has 0 saturated carbocycles. The van der Waals surface area contributed by atoms with Crippen molar-refractivity contribution in [2.75, 3.05) is 6.54 Å². The number of hydrogen-bond donors (Lipinski definition) is 2. The van der Waals surface area contributed by atoms with Crippen LogP contribution < -0.4 is 10.6 Å². The molecule has 4 heteroatoms. The fourth-order valence-electron chi connectivity index (χ4n) is 2.37. The Hall–Kier alpha value is -1.06. The highest BCUT2D eigenvalue weighted by atomic mass is 35.5. The zero-order valence-corrected chi connectivity index (χ0v) is 11.3. The van der Waals surface area contributed by atoms with Crippen LogP contribution in [-0.4, -0.2) is 24.5 Å². The Kier molecular flexibility index (Phi) is 4.61. The van der Waals surface area contributed by atoms with Crippen LogP contribution in [0.15, 0.2) is 24.3 Å². The molecule has 1 aliphatic rings. The van der Waals surface area contributed by atoms with Crippen LogP contribution in [0.4, 0.5) is 0 Å². The lowest BCUT2D eigenvalue weighted by atomic mass is 10.0. The van der Waals surface area contributed by atoms with E-state index in [2.05, 4.69) is 17.6 Å². The van der Waals surface area contributed by atoms with Gasteiger partial charge in [-0.15, -0.1) is 0 Å². The number of carbonyl (C=O) groups excluding carboxylic acids is 1. The van der Waals surface area contributed by atoms with Crippen molar-refractivity contribution in [2.45, 2.75) is 38.3 Å². The second-order valence-corrected chi connectivity index (χ2v) is 5.39. The zero-order chi connectivity index (χ0) is 13.0. The maximum absolute atomic E-state index is 11.9. The van der Waals surface area contributed by atoms with Crippen molar-refractivity contribution in [1.29, 1.82) is 0 Å². The van der Waals surface area contributed by atoms with Gasteiger partial charge in [-0.3, -0.25) is 4.79 Å². The standard InChI is InChI=1S/C14H19ClN2O/c1-10-7-13(5-6-16-10)17-14(18)9-11-3-2-4-12(15)8-11/h2-4,8,10,13,16H,5-7,9H2,1H3,(H,17,18). The van der Waals surface area contributed by atoms with Crippen molar-refractivity contribution in [3.05, 3.63) is 34.9 Å². The first-order valence-corrected chi connectivity index (χ1v) is 6.78. The quantitative estimate of drug-likeness (QED) is 0.880. The fourth-order valence-corrected chi connectivity index (χ4v) is 2.59. The minimum absolute atomic E-state index is 0.0800. The molecule has 1 aromatic rings. The number of hydrogen-bond acceptors (Lipinski definition) is 2. The predicted octanol–water partition coefficient (Wildman–Crippen LogP) is 2.14. The highest BCUT2D eigenvalue weighted by Crippen LogP contribution is 2.12. The third kappa shape index (κ3) is 4.00. The summed E-state index contributed by atoms with van der Waals surface area (Å²) in [7, 11) is 0. The van der Waals surface area contributed by atoms with Crippen LogP contribution in [0.3, 0.4) is 0 Å². The van der Waals surface area contributed by atoms with Crippen LogP contribution in [-0.2, 0) is 11.2 Å². The number of piperidine rings is 1. The molecular weight excluding hydrogens is 248 g/mol. The molecule has 2 atom stereocenters. The second kappa shape index (κ2) is 6.21. The summed E-state index contributed by atoms with van der Waals surface area (Å²) in [6, 6.07) is 8.24. The van der Waals surface area contributed by atoms with Crippen molar-refractivity contribution in [3.63, 3.8) is 0 Å². The Morgan fingerprint density at radius 3 is 3.11 bits per heavy atom. The lowest BCUT2D eigenvalue weighted by Crippen LogP contribution is -2.46. The van der Waals surface area contributed by atoms with Gasteiger partial charge < -0.3 is 10.6 Å². The van der Waals surface area contributed by atoms with E-state index < -0.39 is 0 Å². The van der Waals surface area contributed by atoms with Gasteiger partial charge in [0.05, 0.1) is 6.42 Å². The van der Waals surface area contributed by atoms with Crippen LogP contribution in [0, 0.1) is 0 Å².